The zero-order chi connectivity index (χ0) is 14.7. The summed E-state index contributed by atoms with van der Waals surface area (Å²) in [6.07, 6.45) is 1.67. The van der Waals surface area contributed by atoms with Gasteiger partial charge in [0.05, 0.1) is 19.4 Å². The average molecular weight is 275 g/mol. The van der Waals surface area contributed by atoms with Gasteiger partial charge in [-0.05, 0) is 24.6 Å². The SMILES string of the molecule is CCCCOC(=O)C1=C(O)c2cc(OC)ccc2C1=N. The molecule has 0 bridgehead atoms. The molecule has 2 N–H and O–H groups in total. The summed E-state index contributed by atoms with van der Waals surface area (Å²) in [5, 5.41) is 18.1. The van der Waals surface area contributed by atoms with Gasteiger partial charge in [0.25, 0.3) is 0 Å². The molecule has 0 spiro atoms. The van der Waals surface area contributed by atoms with Gasteiger partial charge < -0.3 is 14.6 Å². The molecule has 1 aliphatic carbocycles. The van der Waals surface area contributed by atoms with Gasteiger partial charge in [0.2, 0.25) is 0 Å². The van der Waals surface area contributed by atoms with Gasteiger partial charge >= 0.3 is 5.97 Å². The van der Waals surface area contributed by atoms with E-state index in [2.05, 4.69) is 0 Å². The van der Waals surface area contributed by atoms with Gasteiger partial charge in [-0.3, -0.25) is 5.41 Å². The number of aliphatic hydroxyl groups excluding tert-OH is 1. The van der Waals surface area contributed by atoms with Crippen molar-refractivity contribution in [2.24, 2.45) is 0 Å². The van der Waals surface area contributed by atoms with Crippen LogP contribution < -0.4 is 4.74 Å². The Morgan fingerprint density at radius 1 is 1.35 bits per heavy atom. The van der Waals surface area contributed by atoms with Crippen LogP contribution in [0.25, 0.3) is 5.76 Å². The third-order valence-electron chi connectivity index (χ3n) is 3.17. The van der Waals surface area contributed by atoms with Crippen LogP contribution in [0.4, 0.5) is 0 Å². The van der Waals surface area contributed by atoms with Crippen molar-refractivity contribution < 1.29 is 19.4 Å². The highest BCUT2D eigenvalue weighted by atomic mass is 16.5. The third-order valence-corrected chi connectivity index (χ3v) is 3.17. The molecule has 106 valence electrons. The number of ether oxygens (including phenoxy) is 2. The average Bonchev–Trinajstić information content (AvgIpc) is 2.70. The van der Waals surface area contributed by atoms with E-state index in [4.69, 9.17) is 14.9 Å². The Labute approximate surface area is 117 Å². The van der Waals surface area contributed by atoms with Gasteiger partial charge in [-0.1, -0.05) is 13.3 Å². The largest absolute Gasteiger partial charge is 0.506 e. The highest BCUT2D eigenvalue weighted by molar-refractivity contribution is 6.33. The molecule has 0 saturated carbocycles. The van der Waals surface area contributed by atoms with Crippen LogP contribution in [0.1, 0.15) is 30.9 Å². The van der Waals surface area contributed by atoms with Gasteiger partial charge in [-0.2, -0.15) is 0 Å². The minimum atomic E-state index is -0.656. The number of hydrogen-bond acceptors (Lipinski definition) is 5. The third kappa shape index (κ3) is 2.39. The molecule has 0 radical (unpaired) electrons. The first kappa shape index (κ1) is 14.1. The quantitative estimate of drug-likeness (QED) is 0.639. The van der Waals surface area contributed by atoms with Gasteiger partial charge in [0.1, 0.15) is 17.1 Å². The van der Waals surface area contributed by atoms with E-state index in [0.717, 1.165) is 12.8 Å². The van der Waals surface area contributed by atoms with Crippen molar-refractivity contribution in [3.63, 3.8) is 0 Å². The minimum Gasteiger partial charge on any atom is -0.506 e. The number of carbonyl (C=O) groups excluding carboxylic acids is 1. The molecule has 0 aromatic heterocycles. The lowest BCUT2D eigenvalue weighted by atomic mass is 10.1. The number of rotatable bonds is 5. The van der Waals surface area contributed by atoms with Crippen molar-refractivity contribution in [1.29, 1.82) is 5.41 Å². The predicted molar refractivity (Wildman–Crippen MR) is 75.2 cm³/mol. The summed E-state index contributed by atoms with van der Waals surface area (Å²) in [5.74, 6) is -0.315. The second-order valence-corrected chi connectivity index (χ2v) is 4.50. The summed E-state index contributed by atoms with van der Waals surface area (Å²) in [5.41, 5.74) is 0.841. The predicted octanol–water partition coefficient (Wildman–Crippen LogP) is 2.69. The van der Waals surface area contributed by atoms with Crippen LogP contribution in [0.3, 0.4) is 0 Å². The number of hydrogen-bond donors (Lipinski definition) is 2. The number of methoxy groups -OCH3 is 1. The number of unbranched alkanes of at least 4 members (excludes halogenated alkanes) is 1. The van der Waals surface area contributed by atoms with E-state index in [0.29, 0.717) is 23.5 Å². The molecule has 1 aliphatic rings. The van der Waals surface area contributed by atoms with Crippen LogP contribution in [-0.4, -0.2) is 30.5 Å². The second kappa shape index (κ2) is 5.77. The fourth-order valence-corrected chi connectivity index (χ4v) is 2.03. The standard InChI is InChI=1S/C15H17NO4/c1-3-4-7-20-15(18)12-13(16)10-6-5-9(19-2)8-11(10)14(12)17/h5-6,8,16-17H,3-4,7H2,1-2H3. The van der Waals surface area contributed by atoms with Crippen LogP contribution in [0.15, 0.2) is 23.8 Å². The normalized spacial score (nSPS) is 13.4. The summed E-state index contributed by atoms with van der Waals surface area (Å²) in [4.78, 5) is 12.0. The second-order valence-electron chi connectivity index (χ2n) is 4.50. The van der Waals surface area contributed by atoms with Gasteiger partial charge in [0.15, 0.2) is 0 Å². The number of carbonyl (C=O) groups is 1. The maximum Gasteiger partial charge on any atom is 0.344 e. The fourth-order valence-electron chi connectivity index (χ4n) is 2.03. The summed E-state index contributed by atoms with van der Waals surface area (Å²) in [7, 11) is 1.52. The topological polar surface area (TPSA) is 79.6 Å². The Morgan fingerprint density at radius 2 is 2.10 bits per heavy atom. The van der Waals surface area contributed by atoms with E-state index in [9.17, 15) is 9.90 Å². The number of fused-ring (bicyclic) bond motifs is 1. The Kier molecular flexibility index (Phi) is 4.08. The van der Waals surface area contributed by atoms with Crippen LogP contribution >= 0.6 is 0 Å². The molecule has 2 rings (SSSR count). The molecule has 20 heavy (non-hydrogen) atoms. The van der Waals surface area contributed by atoms with E-state index in [1.807, 2.05) is 6.92 Å². The van der Waals surface area contributed by atoms with Gasteiger partial charge in [-0.15, -0.1) is 0 Å². The van der Waals surface area contributed by atoms with Crippen molar-refractivity contribution in [3.05, 3.63) is 34.9 Å². The van der Waals surface area contributed by atoms with Crippen molar-refractivity contribution in [1.82, 2.24) is 0 Å². The molecule has 0 amide bonds. The van der Waals surface area contributed by atoms with Crippen LogP contribution in [0.2, 0.25) is 0 Å². The molecule has 5 heteroatoms. The van der Waals surface area contributed by atoms with Gasteiger partial charge in [0, 0.05) is 11.1 Å². The van der Waals surface area contributed by atoms with Crippen LogP contribution in [0.5, 0.6) is 5.75 Å². The molecule has 0 aliphatic heterocycles. The lowest BCUT2D eigenvalue weighted by molar-refractivity contribution is -0.138. The van der Waals surface area contributed by atoms with Gasteiger partial charge in [-0.25, -0.2) is 4.79 Å². The molecule has 0 fully saturated rings. The first-order valence-electron chi connectivity index (χ1n) is 6.48. The molecule has 0 atom stereocenters. The van der Waals surface area contributed by atoms with Crippen molar-refractivity contribution in [2.45, 2.75) is 19.8 Å². The Bertz CT molecular complexity index is 590. The van der Waals surface area contributed by atoms with Crippen molar-refractivity contribution >= 4 is 17.4 Å². The number of nitrogens with one attached hydrogen (secondary N) is 1. The monoisotopic (exact) mass is 275 g/mol. The lowest BCUT2D eigenvalue weighted by Crippen LogP contribution is -2.14. The summed E-state index contributed by atoms with van der Waals surface area (Å²) in [6.45, 7) is 2.28. The molecule has 0 unspecified atom stereocenters. The molecule has 1 aromatic rings. The minimum absolute atomic E-state index is 0.0124. The van der Waals surface area contributed by atoms with Crippen LogP contribution in [-0.2, 0) is 9.53 Å². The molecular weight excluding hydrogens is 258 g/mol. The van der Waals surface area contributed by atoms with Crippen LogP contribution in [0, 0.1) is 5.41 Å². The highest BCUT2D eigenvalue weighted by Gasteiger charge is 2.32. The highest BCUT2D eigenvalue weighted by Crippen LogP contribution is 2.34. The maximum absolute atomic E-state index is 12.0. The molecule has 0 saturated heterocycles. The zero-order valence-electron chi connectivity index (χ0n) is 11.5. The first-order valence-corrected chi connectivity index (χ1v) is 6.48. The summed E-state index contributed by atoms with van der Waals surface area (Å²) < 4.78 is 10.1. The van der Waals surface area contributed by atoms with E-state index in [1.165, 1.54) is 7.11 Å². The lowest BCUT2D eigenvalue weighted by Gasteiger charge is -2.05. The molecule has 1 aromatic carbocycles. The summed E-state index contributed by atoms with van der Waals surface area (Å²) in [6, 6.07) is 4.94. The van der Waals surface area contributed by atoms with E-state index in [1.54, 1.807) is 18.2 Å². The van der Waals surface area contributed by atoms with E-state index < -0.39 is 5.97 Å². The number of esters is 1. The zero-order valence-corrected chi connectivity index (χ0v) is 11.5. The molecule has 5 nitrogen and oxygen atoms in total. The number of aliphatic hydroxyl groups is 1. The van der Waals surface area contributed by atoms with E-state index >= 15 is 0 Å². The van der Waals surface area contributed by atoms with E-state index in [-0.39, 0.29) is 17.0 Å². The molecule has 0 heterocycles. The fraction of sp³-hybridized carbons (Fsp3) is 0.333. The smallest absolute Gasteiger partial charge is 0.344 e. The Balaban J connectivity index is 2.29. The number of benzene rings is 1. The molecular formula is C15H17NO4. The summed E-state index contributed by atoms with van der Waals surface area (Å²) >= 11 is 0. The maximum atomic E-state index is 12.0. The van der Waals surface area contributed by atoms with Crippen molar-refractivity contribution in [3.8, 4) is 5.75 Å². The Morgan fingerprint density at radius 3 is 2.75 bits per heavy atom. The van der Waals surface area contributed by atoms with Crippen molar-refractivity contribution in [2.75, 3.05) is 13.7 Å². The Hall–Kier alpha value is -2.30. The first-order chi connectivity index (χ1) is 9.60.